The Labute approximate surface area is 67.2 Å². The molecule has 0 saturated carbocycles. The molecule has 0 saturated heterocycles. The maximum atomic E-state index is 10.9. The van der Waals surface area contributed by atoms with E-state index < -0.39 is 0 Å². The van der Waals surface area contributed by atoms with Gasteiger partial charge < -0.3 is 4.74 Å². The lowest BCUT2D eigenvalue weighted by atomic mass is 9.83. The van der Waals surface area contributed by atoms with E-state index in [4.69, 9.17) is 0 Å². The Morgan fingerprint density at radius 2 is 2.45 bits per heavy atom. The fraction of sp³-hybridized carbons (Fsp3) is 0.667. The van der Waals surface area contributed by atoms with Gasteiger partial charge in [0.15, 0.2) is 0 Å². The van der Waals surface area contributed by atoms with Crippen LogP contribution in [0.15, 0.2) is 11.6 Å². The van der Waals surface area contributed by atoms with Crippen molar-refractivity contribution in [1.29, 1.82) is 0 Å². The standard InChI is InChI=1S/C9H14O2/c1-3-4-7-5-8(6-7)9(10)11-2/h5,7H,3-4,6H2,1-2H3. The molecule has 11 heavy (non-hydrogen) atoms. The van der Waals surface area contributed by atoms with E-state index in [0.29, 0.717) is 5.92 Å². The second-order valence-electron chi connectivity index (χ2n) is 2.94. The minimum absolute atomic E-state index is 0.155. The number of ether oxygens (including phenoxy) is 1. The zero-order valence-corrected chi connectivity index (χ0v) is 7.09. The van der Waals surface area contributed by atoms with Crippen LogP contribution in [0.3, 0.4) is 0 Å². The van der Waals surface area contributed by atoms with Crippen LogP contribution in [0.25, 0.3) is 0 Å². The molecule has 2 nitrogen and oxygen atoms in total. The highest BCUT2D eigenvalue weighted by Crippen LogP contribution is 2.29. The molecule has 0 amide bonds. The third-order valence-electron chi connectivity index (χ3n) is 2.03. The Bertz CT molecular complexity index is 182. The SMILES string of the molecule is CCCC1C=C(C(=O)OC)C1. The van der Waals surface area contributed by atoms with E-state index in [1.54, 1.807) is 0 Å². The maximum absolute atomic E-state index is 10.9. The van der Waals surface area contributed by atoms with E-state index >= 15 is 0 Å². The minimum atomic E-state index is -0.155. The fourth-order valence-electron chi connectivity index (χ4n) is 1.37. The molecule has 1 unspecified atom stereocenters. The van der Waals surface area contributed by atoms with E-state index in [2.05, 4.69) is 11.7 Å². The Balaban J connectivity index is 2.33. The summed E-state index contributed by atoms with van der Waals surface area (Å²) >= 11 is 0. The van der Waals surface area contributed by atoms with Crippen molar-refractivity contribution >= 4 is 5.97 Å². The van der Waals surface area contributed by atoms with Gasteiger partial charge in [-0.3, -0.25) is 0 Å². The van der Waals surface area contributed by atoms with Crippen molar-refractivity contribution in [3.05, 3.63) is 11.6 Å². The number of hydrogen-bond donors (Lipinski definition) is 0. The summed E-state index contributed by atoms with van der Waals surface area (Å²) < 4.78 is 4.57. The van der Waals surface area contributed by atoms with Gasteiger partial charge in [-0.05, 0) is 18.8 Å². The van der Waals surface area contributed by atoms with Gasteiger partial charge in [0.2, 0.25) is 0 Å². The van der Waals surface area contributed by atoms with Gasteiger partial charge in [0, 0.05) is 5.57 Å². The highest BCUT2D eigenvalue weighted by atomic mass is 16.5. The lowest BCUT2D eigenvalue weighted by molar-refractivity contribution is -0.136. The summed E-state index contributed by atoms with van der Waals surface area (Å²) in [5.41, 5.74) is 0.853. The number of carbonyl (C=O) groups is 1. The average Bonchev–Trinajstić information content (AvgIpc) is 1.94. The van der Waals surface area contributed by atoms with E-state index in [1.807, 2.05) is 6.08 Å². The van der Waals surface area contributed by atoms with Crippen LogP contribution in [0.5, 0.6) is 0 Å². The molecule has 1 rings (SSSR count). The van der Waals surface area contributed by atoms with Crippen molar-refractivity contribution in [3.8, 4) is 0 Å². The van der Waals surface area contributed by atoms with Crippen LogP contribution in [0.1, 0.15) is 26.2 Å². The summed E-state index contributed by atoms with van der Waals surface area (Å²) in [6, 6.07) is 0. The number of methoxy groups -OCH3 is 1. The molecule has 0 N–H and O–H groups in total. The topological polar surface area (TPSA) is 26.3 Å². The largest absolute Gasteiger partial charge is 0.466 e. The van der Waals surface area contributed by atoms with E-state index in [1.165, 1.54) is 20.0 Å². The number of esters is 1. The van der Waals surface area contributed by atoms with Crippen LogP contribution in [-0.4, -0.2) is 13.1 Å². The molecule has 0 heterocycles. The molecule has 1 aliphatic rings. The summed E-state index contributed by atoms with van der Waals surface area (Å²) in [5, 5.41) is 0. The summed E-state index contributed by atoms with van der Waals surface area (Å²) in [4.78, 5) is 10.9. The molecule has 62 valence electrons. The Kier molecular flexibility index (Phi) is 2.69. The lowest BCUT2D eigenvalue weighted by Gasteiger charge is -2.22. The van der Waals surface area contributed by atoms with Crippen LogP contribution in [0.4, 0.5) is 0 Å². The Hall–Kier alpha value is -0.790. The normalized spacial score (nSPS) is 22.0. The minimum Gasteiger partial charge on any atom is -0.466 e. The monoisotopic (exact) mass is 154 g/mol. The van der Waals surface area contributed by atoms with Gasteiger partial charge in [-0.1, -0.05) is 19.4 Å². The first kappa shape index (κ1) is 8.31. The van der Waals surface area contributed by atoms with E-state index in [0.717, 1.165) is 12.0 Å². The molecule has 0 aromatic rings. The molecule has 0 aromatic carbocycles. The summed E-state index contributed by atoms with van der Waals surface area (Å²) in [5.74, 6) is 0.478. The van der Waals surface area contributed by atoms with Gasteiger partial charge >= 0.3 is 5.97 Å². The van der Waals surface area contributed by atoms with Crippen molar-refractivity contribution in [1.82, 2.24) is 0 Å². The van der Waals surface area contributed by atoms with Crippen molar-refractivity contribution in [2.24, 2.45) is 5.92 Å². The highest BCUT2D eigenvalue weighted by molar-refractivity contribution is 5.89. The molecule has 0 aromatic heterocycles. The molecular formula is C9H14O2. The molecule has 0 bridgehead atoms. The Morgan fingerprint density at radius 3 is 2.91 bits per heavy atom. The molecule has 0 fully saturated rings. The van der Waals surface area contributed by atoms with Crippen LogP contribution in [-0.2, 0) is 9.53 Å². The zero-order chi connectivity index (χ0) is 8.27. The predicted octanol–water partition coefficient (Wildman–Crippen LogP) is 1.91. The molecular weight excluding hydrogens is 140 g/mol. The third-order valence-corrected chi connectivity index (χ3v) is 2.03. The van der Waals surface area contributed by atoms with Gasteiger partial charge in [0.1, 0.15) is 0 Å². The van der Waals surface area contributed by atoms with Crippen LogP contribution in [0, 0.1) is 5.92 Å². The van der Waals surface area contributed by atoms with Crippen LogP contribution >= 0.6 is 0 Å². The number of carbonyl (C=O) groups excluding carboxylic acids is 1. The second-order valence-corrected chi connectivity index (χ2v) is 2.94. The number of rotatable bonds is 3. The van der Waals surface area contributed by atoms with Crippen molar-refractivity contribution in [2.75, 3.05) is 7.11 Å². The summed E-state index contributed by atoms with van der Waals surface area (Å²) in [7, 11) is 1.43. The molecule has 1 atom stereocenters. The third kappa shape index (κ3) is 1.82. The van der Waals surface area contributed by atoms with Crippen molar-refractivity contribution in [3.63, 3.8) is 0 Å². The van der Waals surface area contributed by atoms with Crippen molar-refractivity contribution in [2.45, 2.75) is 26.2 Å². The first-order valence-electron chi connectivity index (χ1n) is 4.07. The molecule has 0 spiro atoms. The first-order valence-corrected chi connectivity index (χ1v) is 4.07. The molecule has 1 aliphatic carbocycles. The predicted molar refractivity (Wildman–Crippen MR) is 43.1 cm³/mol. The molecule has 2 heteroatoms. The first-order chi connectivity index (χ1) is 5.27. The van der Waals surface area contributed by atoms with Gasteiger partial charge in [-0.15, -0.1) is 0 Å². The van der Waals surface area contributed by atoms with E-state index in [9.17, 15) is 4.79 Å². The van der Waals surface area contributed by atoms with Crippen LogP contribution in [0.2, 0.25) is 0 Å². The lowest BCUT2D eigenvalue weighted by Crippen LogP contribution is -2.17. The average molecular weight is 154 g/mol. The highest BCUT2D eigenvalue weighted by Gasteiger charge is 2.23. The number of hydrogen-bond acceptors (Lipinski definition) is 2. The van der Waals surface area contributed by atoms with Gasteiger partial charge in [-0.25, -0.2) is 4.79 Å². The summed E-state index contributed by atoms with van der Waals surface area (Å²) in [6.07, 6.45) is 5.33. The second kappa shape index (κ2) is 3.56. The summed E-state index contributed by atoms with van der Waals surface area (Å²) in [6.45, 7) is 2.16. The fourth-order valence-corrected chi connectivity index (χ4v) is 1.37. The quantitative estimate of drug-likeness (QED) is 0.580. The Morgan fingerprint density at radius 1 is 1.82 bits per heavy atom. The zero-order valence-electron chi connectivity index (χ0n) is 7.09. The maximum Gasteiger partial charge on any atom is 0.333 e. The smallest absolute Gasteiger partial charge is 0.333 e. The molecule has 0 aliphatic heterocycles. The van der Waals surface area contributed by atoms with Gasteiger partial charge in [-0.2, -0.15) is 0 Å². The number of allylic oxidation sites excluding steroid dienone is 1. The molecule has 0 radical (unpaired) electrons. The van der Waals surface area contributed by atoms with Gasteiger partial charge in [0.05, 0.1) is 7.11 Å². The van der Waals surface area contributed by atoms with Crippen LogP contribution < -0.4 is 0 Å². The van der Waals surface area contributed by atoms with E-state index in [-0.39, 0.29) is 5.97 Å². The van der Waals surface area contributed by atoms with Gasteiger partial charge in [0.25, 0.3) is 0 Å². The van der Waals surface area contributed by atoms with Crippen molar-refractivity contribution < 1.29 is 9.53 Å².